The second-order valence-electron chi connectivity index (χ2n) is 4.69. The number of nitrogens with one attached hydrogen (secondary N) is 2. The van der Waals surface area contributed by atoms with Gasteiger partial charge in [0.05, 0.1) is 0 Å². The third-order valence-corrected chi connectivity index (χ3v) is 2.98. The SMILES string of the molecule is CCc1cccc(CC)c1NCCNC(C)C. The summed E-state index contributed by atoms with van der Waals surface area (Å²) in [6, 6.07) is 7.16. The molecule has 0 heterocycles. The molecule has 0 aliphatic heterocycles. The van der Waals surface area contributed by atoms with Crippen molar-refractivity contribution in [2.24, 2.45) is 0 Å². The maximum Gasteiger partial charge on any atom is 0.0405 e. The number of rotatable bonds is 7. The van der Waals surface area contributed by atoms with Gasteiger partial charge in [-0.2, -0.15) is 0 Å². The van der Waals surface area contributed by atoms with Gasteiger partial charge in [0, 0.05) is 24.8 Å². The van der Waals surface area contributed by atoms with E-state index in [-0.39, 0.29) is 0 Å². The summed E-state index contributed by atoms with van der Waals surface area (Å²) in [5, 5.41) is 7.00. The highest BCUT2D eigenvalue weighted by molar-refractivity contribution is 5.57. The van der Waals surface area contributed by atoms with Crippen LogP contribution < -0.4 is 10.6 Å². The quantitative estimate of drug-likeness (QED) is 0.708. The summed E-state index contributed by atoms with van der Waals surface area (Å²) in [7, 11) is 0. The Hall–Kier alpha value is -1.02. The third-order valence-electron chi connectivity index (χ3n) is 2.98. The van der Waals surface area contributed by atoms with E-state index < -0.39 is 0 Å². The summed E-state index contributed by atoms with van der Waals surface area (Å²) in [4.78, 5) is 0. The Labute approximate surface area is 106 Å². The molecule has 0 aromatic heterocycles. The molecule has 0 amide bonds. The number of aryl methyl sites for hydroxylation is 2. The van der Waals surface area contributed by atoms with Crippen molar-refractivity contribution < 1.29 is 0 Å². The first-order valence-electron chi connectivity index (χ1n) is 6.77. The second kappa shape index (κ2) is 7.33. The standard InChI is InChI=1S/C15H26N2/c1-5-13-8-7-9-14(6-2)15(13)17-11-10-16-12(3)4/h7-9,12,16-17H,5-6,10-11H2,1-4H3. The van der Waals surface area contributed by atoms with Gasteiger partial charge in [0.15, 0.2) is 0 Å². The molecular formula is C15H26N2. The normalized spacial score (nSPS) is 10.9. The Morgan fingerprint density at radius 1 is 1.00 bits per heavy atom. The summed E-state index contributed by atoms with van der Waals surface area (Å²) in [5.74, 6) is 0. The van der Waals surface area contributed by atoms with E-state index in [0.717, 1.165) is 25.9 Å². The van der Waals surface area contributed by atoms with Crippen molar-refractivity contribution in [2.75, 3.05) is 18.4 Å². The van der Waals surface area contributed by atoms with Crippen LogP contribution >= 0.6 is 0 Å². The highest BCUT2D eigenvalue weighted by Gasteiger charge is 2.04. The predicted octanol–water partition coefficient (Wildman–Crippen LogP) is 3.22. The Morgan fingerprint density at radius 3 is 2.06 bits per heavy atom. The van der Waals surface area contributed by atoms with Gasteiger partial charge in [0.1, 0.15) is 0 Å². The molecule has 1 aromatic rings. The van der Waals surface area contributed by atoms with E-state index in [1.54, 1.807) is 0 Å². The first kappa shape index (κ1) is 14.0. The first-order chi connectivity index (χ1) is 8.19. The van der Waals surface area contributed by atoms with Crippen LogP contribution in [0.3, 0.4) is 0 Å². The number of benzene rings is 1. The zero-order valence-electron chi connectivity index (χ0n) is 11.6. The summed E-state index contributed by atoms with van der Waals surface area (Å²) in [6.45, 7) is 10.8. The molecule has 0 saturated carbocycles. The molecule has 0 spiro atoms. The molecule has 0 bridgehead atoms. The number of para-hydroxylation sites is 1. The summed E-state index contributed by atoms with van der Waals surface area (Å²) in [5.41, 5.74) is 4.20. The molecule has 2 nitrogen and oxygen atoms in total. The van der Waals surface area contributed by atoms with Crippen LogP contribution in [-0.4, -0.2) is 19.1 Å². The lowest BCUT2D eigenvalue weighted by Gasteiger charge is -2.16. The molecule has 96 valence electrons. The minimum atomic E-state index is 0.559. The summed E-state index contributed by atoms with van der Waals surface area (Å²) in [6.07, 6.45) is 2.18. The van der Waals surface area contributed by atoms with Crippen molar-refractivity contribution in [3.8, 4) is 0 Å². The molecule has 0 aliphatic carbocycles. The second-order valence-corrected chi connectivity index (χ2v) is 4.69. The molecule has 17 heavy (non-hydrogen) atoms. The van der Waals surface area contributed by atoms with Gasteiger partial charge in [-0.1, -0.05) is 45.9 Å². The Bertz CT molecular complexity index is 309. The van der Waals surface area contributed by atoms with Gasteiger partial charge in [0.25, 0.3) is 0 Å². The van der Waals surface area contributed by atoms with E-state index in [2.05, 4.69) is 56.5 Å². The lowest BCUT2D eigenvalue weighted by atomic mass is 10.0. The molecule has 1 rings (SSSR count). The minimum Gasteiger partial charge on any atom is -0.383 e. The topological polar surface area (TPSA) is 24.1 Å². The number of anilines is 1. The maximum absolute atomic E-state index is 3.58. The highest BCUT2D eigenvalue weighted by atomic mass is 15.0. The van der Waals surface area contributed by atoms with Gasteiger partial charge in [-0.3, -0.25) is 0 Å². The van der Waals surface area contributed by atoms with Crippen LogP contribution in [0.15, 0.2) is 18.2 Å². The molecule has 0 radical (unpaired) electrons. The third kappa shape index (κ3) is 4.39. The first-order valence-corrected chi connectivity index (χ1v) is 6.77. The zero-order valence-corrected chi connectivity index (χ0v) is 11.6. The average molecular weight is 234 g/mol. The molecule has 1 aromatic carbocycles. The van der Waals surface area contributed by atoms with E-state index in [1.807, 2.05) is 0 Å². The maximum atomic E-state index is 3.58. The molecule has 0 unspecified atom stereocenters. The smallest absolute Gasteiger partial charge is 0.0405 e. The molecule has 0 fully saturated rings. The largest absolute Gasteiger partial charge is 0.383 e. The van der Waals surface area contributed by atoms with E-state index in [0.29, 0.717) is 6.04 Å². The van der Waals surface area contributed by atoms with Crippen LogP contribution in [0.2, 0.25) is 0 Å². The van der Waals surface area contributed by atoms with Gasteiger partial charge in [-0.15, -0.1) is 0 Å². The van der Waals surface area contributed by atoms with E-state index in [9.17, 15) is 0 Å². The molecule has 0 saturated heterocycles. The number of hydrogen-bond donors (Lipinski definition) is 2. The Morgan fingerprint density at radius 2 is 1.59 bits per heavy atom. The fourth-order valence-electron chi connectivity index (χ4n) is 2.02. The highest BCUT2D eigenvalue weighted by Crippen LogP contribution is 2.22. The van der Waals surface area contributed by atoms with E-state index in [1.165, 1.54) is 16.8 Å². The van der Waals surface area contributed by atoms with Crippen molar-refractivity contribution in [1.29, 1.82) is 0 Å². The Balaban J connectivity index is 2.61. The summed E-state index contributed by atoms with van der Waals surface area (Å²) < 4.78 is 0. The molecule has 0 atom stereocenters. The number of hydrogen-bond acceptors (Lipinski definition) is 2. The van der Waals surface area contributed by atoms with Crippen LogP contribution in [0.25, 0.3) is 0 Å². The van der Waals surface area contributed by atoms with E-state index in [4.69, 9.17) is 0 Å². The van der Waals surface area contributed by atoms with Crippen molar-refractivity contribution in [3.05, 3.63) is 29.3 Å². The lowest BCUT2D eigenvalue weighted by molar-refractivity contribution is 0.602. The molecule has 2 N–H and O–H groups in total. The fraction of sp³-hybridized carbons (Fsp3) is 0.600. The van der Waals surface area contributed by atoms with Crippen molar-refractivity contribution in [3.63, 3.8) is 0 Å². The van der Waals surface area contributed by atoms with Gasteiger partial charge in [0.2, 0.25) is 0 Å². The molecular weight excluding hydrogens is 208 g/mol. The fourth-order valence-corrected chi connectivity index (χ4v) is 2.02. The van der Waals surface area contributed by atoms with Crippen molar-refractivity contribution in [2.45, 2.75) is 46.6 Å². The van der Waals surface area contributed by atoms with Crippen LogP contribution in [0.1, 0.15) is 38.8 Å². The summed E-state index contributed by atoms with van der Waals surface area (Å²) >= 11 is 0. The van der Waals surface area contributed by atoms with Crippen LogP contribution in [-0.2, 0) is 12.8 Å². The predicted molar refractivity (Wildman–Crippen MR) is 76.8 cm³/mol. The molecule has 0 aliphatic rings. The zero-order chi connectivity index (χ0) is 12.7. The van der Waals surface area contributed by atoms with Gasteiger partial charge in [-0.25, -0.2) is 0 Å². The average Bonchev–Trinajstić information content (AvgIpc) is 2.34. The van der Waals surface area contributed by atoms with Gasteiger partial charge in [-0.05, 0) is 24.0 Å². The minimum absolute atomic E-state index is 0.559. The molecule has 2 heteroatoms. The monoisotopic (exact) mass is 234 g/mol. The van der Waals surface area contributed by atoms with Crippen LogP contribution in [0.4, 0.5) is 5.69 Å². The van der Waals surface area contributed by atoms with Gasteiger partial charge >= 0.3 is 0 Å². The van der Waals surface area contributed by atoms with Crippen LogP contribution in [0, 0.1) is 0 Å². The van der Waals surface area contributed by atoms with Crippen molar-refractivity contribution in [1.82, 2.24) is 5.32 Å². The van der Waals surface area contributed by atoms with Crippen molar-refractivity contribution >= 4 is 5.69 Å². The van der Waals surface area contributed by atoms with Gasteiger partial charge < -0.3 is 10.6 Å². The lowest BCUT2D eigenvalue weighted by Crippen LogP contribution is -2.28. The van der Waals surface area contributed by atoms with E-state index >= 15 is 0 Å². The Kier molecular flexibility index (Phi) is 6.06. The van der Waals surface area contributed by atoms with Crippen LogP contribution in [0.5, 0.6) is 0 Å².